The van der Waals surface area contributed by atoms with Gasteiger partial charge in [-0.15, -0.1) is 0 Å². The third kappa shape index (κ3) is 4.30. The standard InChI is InChI=1S/C26H24N4O4S/c1-32-21-12-16(13-22(33-2)24(21)34-3)14-27-23(31)15-35-26-29-18-9-5-4-8-17(18)25-28-19-10-6-7-11-20(19)30(25)26/h4-13H,14-15H2,1-3H3,(H,27,31). The van der Waals surface area contributed by atoms with Crippen LogP contribution in [0.3, 0.4) is 0 Å². The molecule has 1 amide bonds. The van der Waals surface area contributed by atoms with E-state index in [0.717, 1.165) is 38.3 Å². The first-order chi connectivity index (χ1) is 17.1. The molecule has 0 saturated heterocycles. The Morgan fingerprint density at radius 2 is 1.60 bits per heavy atom. The van der Waals surface area contributed by atoms with E-state index in [0.29, 0.717) is 23.8 Å². The van der Waals surface area contributed by atoms with Crippen LogP contribution in [0.15, 0.2) is 65.8 Å². The number of aromatic nitrogens is 3. The number of benzene rings is 3. The summed E-state index contributed by atoms with van der Waals surface area (Å²) < 4.78 is 18.2. The van der Waals surface area contributed by atoms with Crippen LogP contribution >= 0.6 is 11.8 Å². The predicted molar refractivity (Wildman–Crippen MR) is 137 cm³/mol. The molecule has 2 aromatic heterocycles. The fourth-order valence-corrected chi connectivity index (χ4v) is 4.87. The molecule has 0 fully saturated rings. The monoisotopic (exact) mass is 488 g/mol. The van der Waals surface area contributed by atoms with E-state index in [9.17, 15) is 4.79 Å². The zero-order valence-corrected chi connectivity index (χ0v) is 20.4. The topological polar surface area (TPSA) is 87.0 Å². The molecule has 0 saturated carbocycles. The molecule has 2 heterocycles. The molecule has 9 heteroatoms. The van der Waals surface area contributed by atoms with Gasteiger partial charge in [0.05, 0.1) is 43.6 Å². The molecule has 0 radical (unpaired) electrons. The van der Waals surface area contributed by atoms with Gasteiger partial charge in [-0.3, -0.25) is 9.20 Å². The maximum Gasteiger partial charge on any atom is 0.230 e. The average Bonchev–Trinajstić information content (AvgIpc) is 3.30. The number of methoxy groups -OCH3 is 3. The number of carbonyl (C=O) groups excluding carboxylic acids is 1. The fourth-order valence-electron chi connectivity index (χ4n) is 4.03. The van der Waals surface area contributed by atoms with Gasteiger partial charge in [-0.25, -0.2) is 9.97 Å². The van der Waals surface area contributed by atoms with E-state index < -0.39 is 0 Å². The van der Waals surface area contributed by atoms with Crippen molar-refractivity contribution in [3.63, 3.8) is 0 Å². The molecular weight excluding hydrogens is 464 g/mol. The van der Waals surface area contributed by atoms with Crippen molar-refractivity contribution in [1.29, 1.82) is 0 Å². The van der Waals surface area contributed by atoms with Crippen molar-refractivity contribution >= 4 is 45.3 Å². The summed E-state index contributed by atoms with van der Waals surface area (Å²) in [5.41, 5.74) is 4.36. The largest absolute Gasteiger partial charge is 0.493 e. The molecule has 0 aliphatic heterocycles. The van der Waals surface area contributed by atoms with Crippen LogP contribution in [0.2, 0.25) is 0 Å². The number of carbonyl (C=O) groups is 1. The van der Waals surface area contributed by atoms with Crippen molar-refractivity contribution in [1.82, 2.24) is 19.7 Å². The molecule has 5 aromatic rings. The Balaban J connectivity index is 1.37. The van der Waals surface area contributed by atoms with E-state index in [1.807, 2.05) is 65.1 Å². The van der Waals surface area contributed by atoms with Gasteiger partial charge in [0.25, 0.3) is 0 Å². The number of para-hydroxylation sites is 3. The Hall–Kier alpha value is -3.98. The molecule has 5 rings (SSSR count). The van der Waals surface area contributed by atoms with Crippen molar-refractivity contribution in [2.24, 2.45) is 0 Å². The lowest BCUT2D eigenvalue weighted by atomic mass is 10.2. The van der Waals surface area contributed by atoms with Gasteiger partial charge in [-0.05, 0) is 42.0 Å². The highest BCUT2D eigenvalue weighted by Gasteiger charge is 2.16. The van der Waals surface area contributed by atoms with Crippen molar-refractivity contribution < 1.29 is 19.0 Å². The van der Waals surface area contributed by atoms with E-state index in [4.69, 9.17) is 24.2 Å². The number of ether oxygens (including phenoxy) is 3. The normalized spacial score (nSPS) is 11.2. The summed E-state index contributed by atoms with van der Waals surface area (Å²) in [5.74, 6) is 1.69. The lowest BCUT2D eigenvalue weighted by molar-refractivity contribution is -0.118. The first kappa shape index (κ1) is 22.8. The number of imidazole rings is 1. The molecule has 0 spiro atoms. The minimum Gasteiger partial charge on any atom is -0.493 e. The van der Waals surface area contributed by atoms with Gasteiger partial charge >= 0.3 is 0 Å². The minimum absolute atomic E-state index is 0.115. The van der Waals surface area contributed by atoms with Gasteiger partial charge < -0.3 is 19.5 Å². The molecule has 0 aliphatic carbocycles. The molecule has 0 atom stereocenters. The summed E-state index contributed by atoms with van der Waals surface area (Å²) in [6, 6.07) is 19.5. The van der Waals surface area contributed by atoms with Crippen LogP contribution in [-0.4, -0.2) is 47.4 Å². The number of thioether (sulfide) groups is 1. The summed E-state index contributed by atoms with van der Waals surface area (Å²) in [4.78, 5) is 22.4. The van der Waals surface area contributed by atoms with Gasteiger partial charge in [0, 0.05) is 11.9 Å². The van der Waals surface area contributed by atoms with Gasteiger partial charge in [0.15, 0.2) is 16.7 Å². The van der Waals surface area contributed by atoms with Crippen LogP contribution in [0.25, 0.3) is 27.6 Å². The van der Waals surface area contributed by atoms with E-state index >= 15 is 0 Å². The van der Waals surface area contributed by atoms with Gasteiger partial charge in [0.1, 0.15) is 5.65 Å². The second-order valence-corrected chi connectivity index (χ2v) is 8.71. The Bertz CT molecular complexity index is 1520. The highest BCUT2D eigenvalue weighted by molar-refractivity contribution is 7.99. The molecule has 3 aromatic carbocycles. The zero-order valence-electron chi connectivity index (χ0n) is 19.6. The second-order valence-electron chi connectivity index (χ2n) is 7.77. The van der Waals surface area contributed by atoms with Gasteiger partial charge in [-0.2, -0.15) is 0 Å². The van der Waals surface area contributed by atoms with Gasteiger partial charge in [-0.1, -0.05) is 36.0 Å². The molecule has 8 nitrogen and oxygen atoms in total. The molecule has 35 heavy (non-hydrogen) atoms. The van der Waals surface area contributed by atoms with Crippen LogP contribution < -0.4 is 19.5 Å². The van der Waals surface area contributed by atoms with E-state index in [1.54, 1.807) is 21.3 Å². The van der Waals surface area contributed by atoms with E-state index in [-0.39, 0.29) is 11.7 Å². The second kappa shape index (κ2) is 9.71. The van der Waals surface area contributed by atoms with E-state index in [1.165, 1.54) is 11.8 Å². The number of hydrogen-bond donors (Lipinski definition) is 1. The summed E-state index contributed by atoms with van der Waals surface area (Å²) in [5, 5.41) is 4.65. The Labute approximate surface area is 206 Å². The number of hydrogen-bond acceptors (Lipinski definition) is 7. The first-order valence-electron chi connectivity index (χ1n) is 11.0. The summed E-state index contributed by atoms with van der Waals surface area (Å²) in [7, 11) is 4.68. The number of fused-ring (bicyclic) bond motifs is 5. The molecule has 1 N–H and O–H groups in total. The fraction of sp³-hybridized carbons (Fsp3) is 0.192. The minimum atomic E-state index is -0.115. The zero-order chi connectivity index (χ0) is 24.4. The lowest BCUT2D eigenvalue weighted by Gasteiger charge is -2.14. The lowest BCUT2D eigenvalue weighted by Crippen LogP contribution is -2.24. The van der Waals surface area contributed by atoms with Gasteiger partial charge in [0.2, 0.25) is 11.7 Å². The molecule has 0 aliphatic rings. The SMILES string of the molecule is COc1cc(CNC(=O)CSc2nc3ccccc3c3nc4ccccc4n23)cc(OC)c1OC. The Kier molecular flexibility index (Phi) is 6.33. The third-order valence-corrected chi connectivity index (χ3v) is 6.60. The average molecular weight is 489 g/mol. The van der Waals surface area contributed by atoms with Crippen molar-refractivity contribution in [3.05, 3.63) is 66.2 Å². The molecule has 0 unspecified atom stereocenters. The van der Waals surface area contributed by atoms with Crippen molar-refractivity contribution in [3.8, 4) is 17.2 Å². The summed E-state index contributed by atoms with van der Waals surface area (Å²) in [6.45, 7) is 0.324. The first-order valence-corrected chi connectivity index (χ1v) is 12.0. The van der Waals surface area contributed by atoms with Crippen molar-refractivity contribution in [2.45, 2.75) is 11.7 Å². The third-order valence-electron chi connectivity index (χ3n) is 5.66. The van der Waals surface area contributed by atoms with Crippen LogP contribution in [0.4, 0.5) is 0 Å². The highest BCUT2D eigenvalue weighted by Crippen LogP contribution is 2.38. The maximum atomic E-state index is 12.8. The van der Waals surface area contributed by atoms with Crippen LogP contribution in [0.5, 0.6) is 17.2 Å². The number of nitrogens with zero attached hydrogens (tertiary/aromatic N) is 3. The van der Waals surface area contributed by atoms with Crippen molar-refractivity contribution in [2.75, 3.05) is 27.1 Å². The summed E-state index contributed by atoms with van der Waals surface area (Å²) in [6.07, 6.45) is 0. The highest BCUT2D eigenvalue weighted by atomic mass is 32.2. The smallest absolute Gasteiger partial charge is 0.230 e. The maximum absolute atomic E-state index is 12.8. The summed E-state index contributed by atoms with van der Waals surface area (Å²) >= 11 is 1.38. The number of rotatable bonds is 8. The predicted octanol–water partition coefficient (Wildman–Crippen LogP) is 4.47. The Morgan fingerprint density at radius 1 is 0.914 bits per heavy atom. The number of amides is 1. The Morgan fingerprint density at radius 3 is 2.31 bits per heavy atom. The quantitative estimate of drug-likeness (QED) is 0.255. The van der Waals surface area contributed by atoms with Crippen LogP contribution in [-0.2, 0) is 11.3 Å². The molecule has 178 valence electrons. The van der Waals surface area contributed by atoms with Crippen LogP contribution in [0.1, 0.15) is 5.56 Å². The van der Waals surface area contributed by atoms with Crippen LogP contribution in [0, 0.1) is 0 Å². The molecule has 0 bridgehead atoms. The number of nitrogens with one attached hydrogen (secondary N) is 1. The molecular formula is C26H24N4O4S. The van der Waals surface area contributed by atoms with E-state index in [2.05, 4.69) is 5.32 Å².